The molecule has 3 heteroatoms. The average molecular weight is 347 g/mol. The Morgan fingerprint density at radius 3 is 2.29 bits per heavy atom. The molecule has 2 atom stereocenters. The Balaban J connectivity index is 2.62. The fraction of sp³-hybridized carbons (Fsp3) is 0.571. The van der Waals surface area contributed by atoms with Gasteiger partial charge in [0.2, 0.25) is 0 Å². The molecule has 0 bridgehead atoms. The fourth-order valence-corrected chi connectivity index (χ4v) is 2.37. The van der Waals surface area contributed by atoms with Gasteiger partial charge < -0.3 is 10.5 Å². The van der Waals surface area contributed by atoms with Crippen LogP contribution in [-0.4, -0.2) is 18.8 Å². The molecule has 0 aliphatic carbocycles. The fourth-order valence-electron chi connectivity index (χ4n) is 2.01. The largest absolute Gasteiger partial charge is 0.377 e. The Morgan fingerprint density at radius 1 is 1.24 bits per heavy atom. The molecular weight excluding hydrogens is 325 g/mol. The van der Waals surface area contributed by atoms with Crippen molar-refractivity contribution in [3.05, 3.63) is 33.4 Å². The van der Waals surface area contributed by atoms with Crippen LogP contribution in [0.25, 0.3) is 0 Å². The van der Waals surface area contributed by atoms with Gasteiger partial charge in [-0.15, -0.1) is 0 Å². The van der Waals surface area contributed by atoms with Gasteiger partial charge in [0.1, 0.15) is 0 Å². The van der Waals surface area contributed by atoms with Crippen LogP contribution in [0.4, 0.5) is 0 Å². The number of nitrogens with two attached hydrogens (primary N) is 1. The predicted octanol–water partition coefficient (Wildman–Crippen LogP) is 3.22. The van der Waals surface area contributed by atoms with Gasteiger partial charge >= 0.3 is 0 Å². The van der Waals surface area contributed by atoms with Crippen LogP contribution in [0.2, 0.25) is 0 Å². The second-order valence-corrected chi connectivity index (χ2v) is 5.90. The summed E-state index contributed by atoms with van der Waals surface area (Å²) in [6, 6.07) is 8.59. The summed E-state index contributed by atoms with van der Waals surface area (Å²) in [5, 5.41) is 0. The van der Waals surface area contributed by atoms with Gasteiger partial charge in [0.25, 0.3) is 0 Å². The maximum atomic E-state index is 6.25. The third kappa shape index (κ3) is 4.94. The molecule has 2 unspecified atom stereocenters. The van der Waals surface area contributed by atoms with Crippen molar-refractivity contribution < 1.29 is 4.74 Å². The summed E-state index contributed by atoms with van der Waals surface area (Å²) >= 11 is 2.31. The SMILES string of the molecule is CCOC(C(C)C)C(N)Cc1ccc(I)cc1. The van der Waals surface area contributed by atoms with E-state index in [1.54, 1.807) is 0 Å². The Kier molecular flexibility index (Phi) is 6.44. The molecule has 0 aromatic heterocycles. The smallest absolute Gasteiger partial charge is 0.0751 e. The maximum absolute atomic E-state index is 6.25. The van der Waals surface area contributed by atoms with E-state index in [9.17, 15) is 0 Å². The number of ether oxygens (including phenoxy) is 1. The normalized spacial score (nSPS) is 14.9. The van der Waals surface area contributed by atoms with Crippen molar-refractivity contribution in [2.75, 3.05) is 6.61 Å². The molecule has 17 heavy (non-hydrogen) atoms. The summed E-state index contributed by atoms with van der Waals surface area (Å²) in [4.78, 5) is 0. The van der Waals surface area contributed by atoms with Crippen molar-refractivity contribution in [3.8, 4) is 0 Å². The molecule has 1 rings (SSSR count). The molecule has 0 spiro atoms. The van der Waals surface area contributed by atoms with Crippen LogP contribution in [-0.2, 0) is 11.2 Å². The number of hydrogen-bond donors (Lipinski definition) is 1. The van der Waals surface area contributed by atoms with Gasteiger partial charge in [-0.25, -0.2) is 0 Å². The molecule has 0 amide bonds. The Bertz CT molecular complexity index is 323. The zero-order valence-corrected chi connectivity index (χ0v) is 13.0. The molecule has 0 aliphatic heterocycles. The molecular formula is C14H22INO. The lowest BCUT2D eigenvalue weighted by Crippen LogP contribution is -2.42. The number of benzene rings is 1. The van der Waals surface area contributed by atoms with Gasteiger partial charge in [0.15, 0.2) is 0 Å². The number of halogens is 1. The number of hydrogen-bond acceptors (Lipinski definition) is 2. The summed E-state index contributed by atoms with van der Waals surface area (Å²) in [5.74, 6) is 0.453. The molecule has 0 saturated carbocycles. The molecule has 1 aromatic rings. The summed E-state index contributed by atoms with van der Waals surface area (Å²) in [6.07, 6.45) is 1.01. The molecule has 0 radical (unpaired) electrons. The Morgan fingerprint density at radius 2 is 1.82 bits per heavy atom. The number of rotatable bonds is 6. The lowest BCUT2D eigenvalue weighted by atomic mass is 9.94. The lowest BCUT2D eigenvalue weighted by molar-refractivity contribution is 0.0128. The molecule has 96 valence electrons. The van der Waals surface area contributed by atoms with Crippen LogP contribution in [0.3, 0.4) is 0 Å². The molecule has 1 aromatic carbocycles. The molecule has 0 fully saturated rings. The van der Waals surface area contributed by atoms with Crippen LogP contribution in [0.5, 0.6) is 0 Å². The average Bonchev–Trinajstić information content (AvgIpc) is 2.28. The maximum Gasteiger partial charge on any atom is 0.0751 e. The molecule has 2 N–H and O–H groups in total. The van der Waals surface area contributed by atoms with Gasteiger partial charge in [-0.2, -0.15) is 0 Å². The van der Waals surface area contributed by atoms with Crippen molar-refractivity contribution in [1.29, 1.82) is 0 Å². The van der Waals surface area contributed by atoms with Crippen molar-refractivity contribution in [2.45, 2.75) is 39.3 Å². The quantitative estimate of drug-likeness (QED) is 0.802. The summed E-state index contributed by atoms with van der Waals surface area (Å²) in [7, 11) is 0. The van der Waals surface area contributed by atoms with Crippen molar-refractivity contribution >= 4 is 22.6 Å². The first-order valence-electron chi connectivity index (χ1n) is 6.16. The Labute approximate surface area is 118 Å². The van der Waals surface area contributed by atoms with Crippen molar-refractivity contribution in [2.24, 2.45) is 11.7 Å². The molecule has 0 heterocycles. The minimum Gasteiger partial charge on any atom is -0.377 e. The van der Waals surface area contributed by atoms with E-state index >= 15 is 0 Å². The van der Waals surface area contributed by atoms with Gasteiger partial charge in [-0.3, -0.25) is 0 Å². The highest BCUT2D eigenvalue weighted by atomic mass is 127. The third-order valence-corrected chi connectivity index (χ3v) is 3.54. The van der Waals surface area contributed by atoms with Crippen LogP contribution in [0.15, 0.2) is 24.3 Å². The third-order valence-electron chi connectivity index (χ3n) is 2.82. The van der Waals surface area contributed by atoms with E-state index in [0.29, 0.717) is 5.92 Å². The van der Waals surface area contributed by atoms with Gasteiger partial charge in [-0.1, -0.05) is 26.0 Å². The standard InChI is InChI=1S/C14H22INO/c1-4-17-14(10(2)3)13(16)9-11-5-7-12(15)8-6-11/h5-8,10,13-14H,4,9,16H2,1-3H3. The Hall–Kier alpha value is -0.130. The lowest BCUT2D eigenvalue weighted by Gasteiger charge is -2.27. The van der Waals surface area contributed by atoms with Crippen LogP contribution >= 0.6 is 22.6 Å². The zero-order valence-electron chi connectivity index (χ0n) is 10.8. The van der Waals surface area contributed by atoms with E-state index in [1.165, 1.54) is 9.13 Å². The highest BCUT2D eigenvalue weighted by Gasteiger charge is 2.21. The van der Waals surface area contributed by atoms with Crippen LogP contribution in [0.1, 0.15) is 26.3 Å². The first-order chi connectivity index (χ1) is 8.04. The van der Waals surface area contributed by atoms with Gasteiger partial charge in [-0.05, 0) is 59.5 Å². The van der Waals surface area contributed by atoms with Crippen LogP contribution < -0.4 is 5.73 Å². The minimum absolute atomic E-state index is 0.0648. The minimum atomic E-state index is 0.0648. The monoisotopic (exact) mass is 347 g/mol. The second-order valence-electron chi connectivity index (χ2n) is 4.66. The summed E-state index contributed by atoms with van der Waals surface area (Å²) in [6.45, 7) is 7.07. The highest BCUT2D eigenvalue weighted by Crippen LogP contribution is 2.15. The van der Waals surface area contributed by atoms with E-state index in [4.69, 9.17) is 10.5 Å². The van der Waals surface area contributed by atoms with E-state index < -0.39 is 0 Å². The first-order valence-corrected chi connectivity index (χ1v) is 7.24. The molecule has 0 saturated heterocycles. The van der Waals surface area contributed by atoms with Gasteiger partial charge in [0, 0.05) is 16.2 Å². The summed E-state index contributed by atoms with van der Waals surface area (Å²) < 4.78 is 6.99. The molecule has 2 nitrogen and oxygen atoms in total. The van der Waals surface area contributed by atoms with E-state index in [-0.39, 0.29) is 12.1 Å². The zero-order chi connectivity index (χ0) is 12.8. The van der Waals surface area contributed by atoms with E-state index in [0.717, 1.165) is 13.0 Å². The summed E-state index contributed by atoms with van der Waals surface area (Å²) in [5.41, 5.74) is 7.53. The van der Waals surface area contributed by atoms with Crippen LogP contribution in [0, 0.1) is 9.49 Å². The van der Waals surface area contributed by atoms with E-state index in [2.05, 4.69) is 60.7 Å². The predicted molar refractivity (Wildman–Crippen MR) is 81.1 cm³/mol. The van der Waals surface area contributed by atoms with E-state index in [1.807, 2.05) is 6.92 Å². The second kappa shape index (κ2) is 7.34. The van der Waals surface area contributed by atoms with Gasteiger partial charge in [0.05, 0.1) is 6.10 Å². The molecule has 0 aliphatic rings. The first kappa shape index (κ1) is 14.9. The van der Waals surface area contributed by atoms with Crippen molar-refractivity contribution in [1.82, 2.24) is 0 Å². The highest BCUT2D eigenvalue weighted by molar-refractivity contribution is 14.1. The van der Waals surface area contributed by atoms with Crippen molar-refractivity contribution in [3.63, 3.8) is 0 Å². The topological polar surface area (TPSA) is 35.2 Å².